The SMILES string of the molecule is CN1CC[C@@H](OCCN2CCCCC2)C1. The van der Waals surface area contributed by atoms with E-state index in [-0.39, 0.29) is 0 Å². The van der Waals surface area contributed by atoms with Crippen LogP contribution in [0.2, 0.25) is 0 Å². The van der Waals surface area contributed by atoms with Gasteiger partial charge in [-0.05, 0) is 39.4 Å². The molecule has 2 aliphatic heterocycles. The average molecular weight is 212 g/mol. The van der Waals surface area contributed by atoms with Gasteiger partial charge in [0.15, 0.2) is 0 Å². The number of ether oxygens (including phenoxy) is 1. The first-order valence-corrected chi connectivity index (χ1v) is 6.37. The Labute approximate surface area is 93.4 Å². The summed E-state index contributed by atoms with van der Waals surface area (Å²) in [6.45, 7) is 6.97. The van der Waals surface area contributed by atoms with Crippen molar-refractivity contribution in [3.8, 4) is 0 Å². The number of nitrogens with zero attached hydrogens (tertiary/aromatic N) is 2. The van der Waals surface area contributed by atoms with Crippen LogP contribution in [0.15, 0.2) is 0 Å². The predicted octanol–water partition coefficient (Wildman–Crippen LogP) is 1.19. The number of piperidine rings is 1. The Morgan fingerprint density at radius 3 is 2.60 bits per heavy atom. The summed E-state index contributed by atoms with van der Waals surface area (Å²) in [6.07, 6.45) is 5.90. The first-order chi connectivity index (χ1) is 7.34. The molecule has 0 bridgehead atoms. The minimum Gasteiger partial charge on any atom is -0.376 e. The normalized spacial score (nSPS) is 29.8. The predicted molar refractivity (Wildman–Crippen MR) is 62.1 cm³/mol. The summed E-state index contributed by atoms with van der Waals surface area (Å²) in [6, 6.07) is 0. The van der Waals surface area contributed by atoms with Gasteiger partial charge in [-0.1, -0.05) is 6.42 Å². The molecule has 88 valence electrons. The van der Waals surface area contributed by atoms with E-state index in [0.29, 0.717) is 6.10 Å². The monoisotopic (exact) mass is 212 g/mol. The molecule has 0 saturated carbocycles. The molecular weight excluding hydrogens is 188 g/mol. The zero-order chi connectivity index (χ0) is 10.5. The Morgan fingerprint density at radius 2 is 1.93 bits per heavy atom. The standard InChI is InChI=1S/C12H24N2O/c1-13-8-5-12(11-13)15-10-9-14-6-3-2-4-7-14/h12H,2-11H2,1H3/t12-/m1/s1. The maximum atomic E-state index is 5.89. The number of rotatable bonds is 4. The van der Waals surface area contributed by atoms with Crippen molar-refractivity contribution in [2.45, 2.75) is 31.8 Å². The molecule has 1 atom stereocenters. The number of hydrogen-bond acceptors (Lipinski definition) is 3. The third-order valence-electron chi connectivity index (χ3n) is 3.56. The lowest BCUT2D eigenvalue weighted by Crippen LogP contribution is -2.33. The largest absolute Gasteiger partial charge is 0.376 e. The molecule has 0 radical (unpaired) electrons. The average Bonchev–Trinajstić information content (AvgIpc) is 2.66. The van der Waals surface area contributed by atoms with Crippen LogP contribution in [0.3, 0.4) is 0 Å². The van der Waals surface area contributed by atoms with Gasteiger partial charge in [-0.25, -0.2) is 0 Å². The summed E-state index contributed by atoms with van der Waals surface area (Å²) in [5.74, 6) is 0. The highest BCUT2D eigenvalue weighted by molar-refractivity contribution is 4.73. The van der Waals surface area contributed by atoms with Crippen molar-refractivity contribution in [1.82, 2.24) is 9.80 Å². The van der Waals surface area contributed by atoms with Gasteiger partial charge in [0.25, 0.3) is 0 Å². The fraction of sp³-hybridized carbons (Fsp3) is 1.00. The Bertz CT molecular complexity index is 176. The maximum Gasteiger partial charge on any atom is 0.0714 e. The summed E-state index contributed by atoms with van der Waals surface area (Å²) in [5.41, 5.74) is 0. The van der Waals surface area contributed by atoms with Gasteiger partial charge in [-0.2, -0.15) is 0 Å². The lowest BCUT2D eigenvalue weighted by Gasteiger charge is -2.26. The van der Waals surface area contributed by atoms with E-state index in [1.165, 1.54) is 45.3 Å². The van der Waals surface area contributed by atoms with Gasteiger partial charge in [-0.3, -0.25) is 0 Å². The molecule has 3 heteroatoms. The molecule has 2 aliphatic rings. The quantitative estimate of drug-likeness (QED) is 0.696. The van der Waals surface area contributed by atoms with Crippen LogP contribution in [0, 0.1) is 0 Å². The van der Waals surface area contributed by atoms with Crippen LogP contribution >= 0.6 is 0 Å². The second-order valence-electron chi connectivity index (χ2n) is 4.95. The van der Waals surface area contributed by atoms with Crippen LogP contribution < -0.4 is 0 Å². The number of likely N-dealkylation sites (tertiary alicyclic amines) is 2. The molecule has 0 unspecified atom stereocenters. The Kier molecular flexibility index (Phi) is 4.42. The topological polar surface area (TPSA) is 15.7 Å². The van der Waals surface area contributed by atoms with Gasteiger partial charge >= 0.3 is 0 Å². The van der Waals surface area contributed by atoms with Crippen molar-refractivity contribution in [2.24, 2.45) is 0 Å². The summed E-state index contributed by atoms with van der Waals surface area (Å²) >= 11 is 0. The molecule has 15 heavy (non-hydrogen) atoms. The molecule has 2 heterocycles. The van der Waals surface area contributed by atoms with Gasteiger partial charge in [0.2, 0.25) is 0 Å². The molecule has 0 aromatic carbocycles. The van der Waals surface area contributed by atoms with Crippen LogP contribution in [0.1, 0.15) is 25.7 Å². The van der Waals surface area contributed by atoms with E-state index in [4.69, 9.17) is 4.74 Å². The van der Waals surface area contributed by atoms with Crippen LogP contribution in [-0.2, 0) is 4.74 Å². The second-order valence-corrected chi connectivity index (χ2v) is 4.95. The number of hydrogen-bond donors (Lipinski definition) is 0. The third-order valence-corrected chi connectivity index (χ3v) is 3.56. The highest BCUT2D eigenvalue weighted by Crippen LogP contribution is 2.11. The Morgan fingerprint density at radius 1 is 1.13 bits per heavy atom. The van der Waals surface area contributed by atoms with Gasteiger partial charge in [0.1, 0.15) is 0 Å². The molecule has 0 aromatic rings. The van der Waals surface area contributed by atoms with Gasteiger partial charge < -0.3 is 14.5 Å². The first kappa shape index (κ1) is 11.4. The minimum atomic E-state index is 0.500. The summed E-state index contributed by atoms with van der Waals surface area (Å²) < 4.78 is 5.89. The molecule has 0 N–H and O–H groups in total. The van der Waals surface area contributed by atoms with Gasteiger partial charge in [0.05, 0.1) is 12.7 Å². The summed E-state index contributed by atoms with van der Waals surface area (Å²) in [7, 11) is 2.17. The first-order valence-electron chi connectivity index (χ1n) is 6.37. The van der Waals surface area contributed by atoms with E-state index in [9.17, 15) is 0 Å². The van der Waals surface area contributed by atoms with E-state index in [1.807, 2.05) is 0 Å². The number of likely N-dealkylation sites (N-methyl/N-ethyl adjacent to an activating group) is 1. The Balaban J connectivity index is 1.54. The fourth-order valence-electron chi connectivity index (χ4n) is 2.56. The molecule has 0 amide bonds. The smallest absolute Gasteiger partial charge is 0.0714 e. The van der Waals surface area contributed by atoms with Gasteiger partial charge in [0, 0.05) is 19.6 Å². The van der Waals surface area contributed by atoms with Crippen molar-refractivity contribution in [1.29, 1.82) is 0 Å². The molecule has 0 aliphatic carbocycles. The molecular formula is C12H24N2O. The third kappa shape index (κ3) is 3.74. The van der Waals surface area contributed by atoms with E-state index >= 15 is 0 Å². The maximum absolute atomic E-state index is 5.89. The van der Waals surface area contributed by atoms with Crippen molar-refractivity contribution in [3.05, 3.63) is 0 Å². The van der Waals surface area contributed by atoms with E-state index in [2.05, 4.69) is 16.8 Å². The fourth-order valence-corrected chi connectivity index (χ4v) is 2.56. The van der Waals surface area contributed by atoms with Gasteiger partial charge in [-0.15, -0.1) is 0 Å². The van der Waals surface area contributed by atoms with Crippen LogP contribution in [0.25, 0.3) is 0 Å². The van der Waals surface area contributed by atoms with Crippen molar-refractivity contribution >= 4 is 0 Å². The molecule has 2 saturated heterocycles. The van der Waals surface area contributed by atoms with Crippen molar-refractivity contribution in [2.75, 3.05) is 46.4 Å². The summed E-state index contributed by atoms with van der Waals surface area (Å²) in [5, 5.41) is 0. The highest BCUT2D eigenvalue weighted by Gasteiger charge is 2.20. The van der Waals surface area contributed by atoms with Crippen LogP contribution in [-0.4, -0.2) is 62.3 Å². The minimum absolute atomic E-state index is 0.500. The van der Waals surface area contributed by atoms with Crippen molar-refractivity contribution < 1.29 is 4.74 Å². The molecule has 2 fully saturated rings. The molecule has 3 nitrogen and oxygen atoms in total. The van der Waals surface area contributed by atoms with Crippen LogP contribution in [0.4, 0.5) is 0 Å². The van der Waals surface area contributed by atoms with E-state index in [1.54, 1.807) is 0 Å². The molecule has 2 rings (SSSR count). The zero-order valence-corrected chi connectivity index (χ0v) is 9.95. The Hall–Kier alpha value is -0.120. The zero-order valence-electron chi connectivity index (χ0n) is 9.95. The molecule has 0 spiro atoms. The molecule has 0 aromatic heterocycles. The lowest BCUT2D eigenvalue weighted by molar-refractivity contribution is 0.0410. The van der Waals surface area contributed by atoms with E-state index < -0.39 is 0 Å². The van der Waals surface area contributed by atoms with E-state index in [0.717, 1.165) is 19.7 Å². The lowest BCUT2D eigenvalue weighted by atomic mass is 10.1. The summed E-state index contributed by atoms with van der Waals surface area (Å²) in [4.78, 5) is 4.90. The second kappa shape index (κ2) is 5.83. The van der Waals surface area contributed by atoms with Crippen LogP contribution in [0.5, 0.6) is 0 Å². The van der Waals surface area contributed by atoms with Crippen molar-refractivity contribution in [3.63, 3.8) is 0 Å². The highest BCUT2D eigenvalue weighted by atomic mass is 16.5.